The topological polar surface area (TPSA) is 67.3 Å². The van der Waals surface area contributed by atoms with Gasteiger partial charge in [0.05, 0.1) is 6.10 Å². The van der Waals surface area contributed by atoms with Crippen molar-refractivity contribution in [1.29, 1.82) is 0 Å². The number of ether oxygens (including phenoxy) is 1. The van der Waals surface area contributed by atoms with Crippen molar-refractivity contribution in [2.75, 3.05) is 26.2 Å². The van der Waals surface area contributed by atoms with Gasteiger partial charge in [-0.1, -0.05) is 0 Å². The van der Waals surface area contributed by atoms with Crippen LogP contribution in [0.15, 0.2) is 15.7 Å². The van der Waals surface area contributed by atoms with E-state index in [0.29, 0.717) is 18.8 Å². The summed E-state index contributed by atoms with van der Waals surface area (Å²) in [7, 11) is 0. The molecule has 1 saturated heterocycles. The van der Waals surface area contributed by atoms with Crippen LogP contribution in [-0.2, 0) is 11.3 Å². The highest BCUT2D eigenvalue weighted by Gasteiger charge is 2.15. The van der Waals surface area contributed by atoms with Crippen molar-refractivity contribution in [3.05, 3.63) is 32.6 Å². The van der Waals surface area contributed by atoms with Gasteiger partial charge >= 0.3 is 5.69 Å². The van der Waals surface area contributed by atoms with Gasteiger partial charge in [-0.05, 0) is 20.3 Å². The van der Waals surface area contributed by atoms with E-state index in [0.717, 1.165) is 26.1 Å². The van der Waals surface area contributed by atoms with Gasteiger partial charge in [-0.15, -0.1) is 0 Å². The number of rotatable bonds is 3. The first-order chi connectivity index (χ1) is 9.06. The molecule has 6 heteroatoms. The molecular weight excluding hydrogens is 246 g/mol. The summed E-state index contributed by atoms with van der Waals surface area (Å²) in [4.78, 5) is 28.4. The van der Waals surface area contributed by atoms with Crippen molar-refractivity contribution in [3.63, 3.8) is 0 Å². The molecule has 19 heavy (non-hydrogen) atoms. The average molecular weight is 267 g/mol. The Morgan fingerprint density at radius 2 is 2.21 bits per heavy atom. The van der Waals surface area contributed by atoms with Gasteiger partial charge in [0.1, 0.15) is 0 Å². The molecule has 1 fully saturated rings. The van der Waals surface area contributed by atoms with E-state index in [1.165, 1.54) is 10.6 Å². The third kappa shape index (κ3) is 3.78. The van der Waals surface area contributed by atoms with Crippen LogP contribution in [0.2, 0.25) is 0 Å². The highest BCUT2D eigenvalue weighted by atomic mass is 16.5. The normalized spacial score (nSPS) is 21.3. The SMILES string of the molecule is Cc1cc(=O)n(CCN2CCCO[C@@H](C)C2)c(=O)[nH]1. The Morgan fingerprint density at radius 1 is 1.42 bits per heavy atom. The second kappa shape index (κ2) is 6.16. The summed E-state index contributed by atoms with van der Waals surface area (Å²) in [6, 6.07) is 1.45. The number of nitrogens with one attached hydrogen (secondary N) is 1. The molecule has 0 bridgehead atoms. The molecule has 0 aromatic carbocycles. The molecule has 1 atom stereocenters. The van der Waals surface area contributed by atoms with Gasteiger partial charge in [-0.2, -0.15) is 0 Å². The zero-order chi connectivity index (χ0) is 13.8. The van der Waals surface area contributed by atoms with E-state index in [4.69, 9.17) is 4.74 Å². The van der Waals surface area contributed by atoms with Crippen molar-refractivity contribution in [1.82, 2.24) is 14.5 Å². The van der Waals surface area contributed by atoms with Crippen LogP contribution >= 0.6 is 0 Å². The van der Waals surface area contributed by atoms with Crippen molar-refractivity contribution in [3.8, 4) is 0 Å². The van der Waals surface area contributed by atoms with E-state index >= 15 is 0 Å². The van der Waals surface area contributed by atoms with E-state index in [2.05, 4.69) is 9.88 Å². The molecule has 2 rings (SSSR count). The molecule has 106 valence electrons. The summed E-state index contributed by atoms with van der Waals surface area (Å²) >= 11 is 0. The number of H-pyrrole nitrogens is 1. The van der Waals surface area contributed by atoms with Gasteiger partial charge in [-0.3, -0.25) is 14.3 Å². The first-order valence-electron chi connectivity index (χ1n) is 6.71. The highest BCUT2D eigenvalue weighted by molar-refractivity contribution is 4.96. The largest absolute Gasteiger partial charge is 0.377 e. The number of hydrogen-bond donors (Lipinski definition) is 1. The number of aryl methyl sites for hydroxylation is 1. The summed E-state index contributed by atoms with van der Waals surface area (Å²) in [5.41, 5.74) is 0.0348. The van der Waals surface area contributed by atoms with Crippen molar-refractivity contribution in [2.24, 2.45) is 0 Å². The van der Waals surface area contributed by atoms with Crippen LogP contribution in [0, 0.1) is 6.92 Å². The van der Waals surface area contributed by atoms with Crippen LogP contribution in [0.3, 0.4) is 0 Å². The molecule has 1 N–H and O–H groups in total. The van der Waals surface area contributed by atoms with Crippen LogP contribution < -0.4 is 11.2 Å². The Hall–Kier alpha value is -1.40. The number of hydrogen-bond acceptors (Lipinski definition) is 4. The van der Waals surface area contributed by atoms with Crippen molar-refractivity contribution >= 4 is 0 Å². The molecule has 6 nitrogen and oxygen atoms in total. The monoisotopic (exact) mass is 267 g/mol. The summed E-state index contributed by atoms with van der Waals surface area (Å²) < 4.78 is 6.82. The smallest absolute Gasteiger partial charge is 0.328 e. The standard InChI is InChI=1S/C13H21N3O3/c1-10-8-12(17)16(13(18)14-10)6-5-15-4-3-7-19-11(2)9-15/h8,11H,3-7,9H2,1-2H3,(H,14,18)/t11-/m0/s1. The molecule has 0 radical (unpaired) electrons. The molecule has 0 spiro atoms. The predicted octanol–water partition coefficient (Wildman–Crippen LogP) is -0.0442. The molecule has 0 saturated carbocycles. The molecule has 1 aromatic heterocycles. The molecule has 0 unspecified atom stereocenters. The number of aromatic amines is 1. The average Bonchev–Trinajstić information content (AvgIpc) is 2.52. The third-order valence-electron chi connectivity index (χ3n) is 3.33. The maximum atomic E-state index is 11.8. The highest BCUT2D eigenvalue weighted by Crippen LogP contribution is 2.04. The minimum absolute atomic E-state index is 0.204. The van der Waals surface area contributed by atoms with Crippen LogP contribution in [0.4, 0.5) is 0 Å². The first kappa shape index (κ1) is 14.0. The van der Waals surface area contributed by atoms with Crippen LogP contribution in [-0.4, -0.2) is 46.8 Å². The molecule has 0 amide bonds. The van der Waals surface area contributed by atoms with E-state index in [9.17, 15) is 9.59 Å². The van der Waals surface area contributed by atoms with E-state index in [1.807, 2.05) is 6.92 Å². The van der Waals surface area contributed by atoms with Gasteiger partial charge in [0.2, 0.25) is 0 Å². The fraction of sp³-hybridized carbons (Fsp3) is 0.692. The summed E-state index contributed by atoms with van der Waals surface area (Å²) in [5.74, 6) is 0. The number of aromatic nitrogens is 2. The Bertz CT molecular complexity index is 503. The number of nitrogens with zero attached hydrogens (tertiary/aromatic N) is 2. The van der Waals surface area contributed by atoms with E-state index in [-0.39, 0.29) is 17.4 Å². The molecule has 2 heterocycles. The lowest BCUT2D eigenvalue weighted by Crippen LogP contribution is -2.40. The predicted molar refractivity (Wildman–Crippen MR) is 72.5 cm³/mol. The second-order valence-corrected chi connectivity index (χ2v) is 5.08. The minimum atomic E-state index is -0.330. The fourth-order valence-electron chi connectivity index (χ4n) is 2.37. The van der Waals surface area contributed by atoms with Crippen LogP contribution in [0.25, 0.3) is 0 Å². The molecule has 0 aliphatic carbocycles. The van der Waals surface area contributed by atoms with E-state index < -0.39 is 0 Å². The van der Waals surface area contributed by atoms with Crippen LogP contribution in [0.5, 0.6) is 0 Å². The van der Waals surface area contributed by atoms with Crippen LogP contribution in [0.1, 0.15) is 19.0 Å². The quantitative estimate of drug-likeness (QED) is 0.834. The van der Waals surface area contributed by atoms with E-state index in [1.54, 1.807) is 6.92 Å². The Labute approximate surface area is 112 Å². The minimum Gasteiger partial charge on any atom is -0.377 e. The summed E-state index contributed by atoms with van der Waals surface area (Å²) in [5, 5.41) is 0. The van der Waals surface area contributed by atoms with Gasteiger partial charge in [0.15, 0.2) is 0 Å². The lowest BCUT2D eigenvalue weighted by molar-refractivity contribution is 0.0672. The van der Waals surface area contributed by atoms with Gasteiger partial charge in [0.25, 0.3) is 5.56 Å². The molecule has 1 aromatic rings. The maximum absolute atomic E-state index is 11.8. The van der Waals surface area contributed by atoms with Gasteiger partial charge in [-0.25, -0.2) is 4.79 Å². The molecule has 1 aliphatic rings. The summed E-state index contributed by atoms with van der Waals surface area (Å²) in [6.45, 7) is 7.44. The zero-order valence-corrected chi connectivity index (χ0v) is 11.5. The lowest BCUT2D eigenvalue weighted by Gasteiger charge is -2.21. The Kier molecular flexibility index (Phi) is 4.55. The Morgan fingerprint density at radius 3 is 2.95 bits per heavy atom. The molecule has 1 aliphatic heterocycles. The second-order valence-electron chi connectivity index (χ2n) is 5.08. The summed E-state index contributed by atoms with van der Waals surface area (Å²) in [6.07, 6.45) is 1.19. The zero-order valence-electron chi connectivity index (χ0n) is 11.5. The Balaban J connectivity index is 2.02. The van der Waals surface area contributed by atoms with Crippen molar-refractivity contribution in [2.45, 2.75) is 32.9 Å². The first-order valence-corrected chi connectivity index (χ1v) is 6.71. The molecular formula is C13H21N3O3. The lowest BCUT2D eigenvalue weighted by atomic mass is 10.3. The fourth-order valence-corrected chi connectivity index (χ4v) is 2.37. The van der Waals surface area contributed by atoms with Gasteiger partial charge < -0.3 is 9.72 Å². The maximum Gasteiger partial charge on any atom is 0.328 e. The van der Waals surface area contributed by atoms with Crippen molar-refractivity contribution < 1.29 is 4.74 Å². The van der Waals surface area contributed by atoms with Gasteiger partial charge in [0, 0.05) is 44.5 Å². The third-order valence-corrected chi connectivity index (χ3v) is 3.33.